The lowest BCUT2D eigenvalue weighted by atomic mass is 9.84. The minimum absolute atomic E-state index is 0.228. The van der Waals surface area contributed by atoms with Gasteiger partial charge in [-0.15, -0.1) is 0 Å². The lowest BCUT2D eigenvalue weighted by Crippen LogP contribution is -2.42. The van der Waals surface area contributed by atoms with Crippen molar-refractivity contribution in [1.82, 2.24) is 0 Å². The van der Waals surface area contributed by atoms with Crippen LogP contribution in [-0.4, -0.2) is 50.4 Å². The van der Waals surface area contributed by atoms with Gasteiger partial charge in [-0.2, -0.15) is 0 Å². The van der Waals surface area contributed by atoms with Gasteiger partial charge >= 0.3 is 0 Å². The van der Waals surface area contributed by atoms with Crippen molar-refractivity contribution in [2.75, 3.05) is 12.5 Å². The van der Waals surface area contributed by atoms with E-state index in [2.05, 4.69) is 0 Å². The fourth-order valence-electron chi connectivity index (χ4n) is 2.15. The highest BCUT2D eigenvalue weighted by molar-refractivity contribution is 7.91. The monoisotopic (exact) mass is 298 g/mol. The maximum atomic E-state index is 11.3. The molecule has 0 fully saturated rings. The van der Waals surface area contributed by atoms with Crippen molar-refractivity contribution in [3.8, 4) is 0 Å². The molecule has 8 heteroatoms. The summed E-state index contributed by atoms with van der Waals surface area (Å²) in [7, 11) is -7.40. The lowest BCUT2D eigenvalue weighted by molar-refractivity contribution is 0.0743. The molecule has 0 aromatic carbocycles. The molecule has 4 unspecified atom stereocenters. The topological polar surface area (TPSA) is 109 Å². The van der Waals surface area contributed by atoms with Gasteiger partial charge in [0.2, 0.25) is 0 Å². The number of aliphatic hydroxyl groups is 2. The van der Waals surface area contributed by atoms with E-state index in [4.69, 9.17) is 0 Å². The number of aliphatic hydroxyl groups excluding tert-OH is 2. The molecule has 0 amide bonds. The van der Waals surface area contributed by atoms with Gasteiger partial charge in [-0.25, -0.2) is 16.8 Å². The zero-order chi connectivity index (χ0) is 14.1. The van der Waals surface area contributed by atoms with Crippen LogP contribution in [0, 0.1) is 11.8 Å². The molecule has 0 heterocycles. The Morgan fingerprint density at radius 3 is 1.39 bits per heavy atom. The molecular formula is C10H18O6S2. The first-order chi connectivity index (χ1) is 8.05. The molecule has 2 N–H and O–H groups in total. The van der Waals surface area contributed by atoms with Crippen molar-refractivity contribution in [3.05, 3.63) is 12.2 Å². The minimum Gasteiger partial charge on any atom is -0.377 e. The summed E-state index contributed by atoms with van der Waals surface area (Å²) in [5, 5.41) is 19.5. The maximum Gasteiger partial charge on any atom is 0.174 e. The Hall–Kier alpha value is -0.440. The zero-order valence-corrected chi connectivity index (χ0v) is 11.9. The summed E-state index contributed by atoms with van der Waals surface area (Å²) < 4.78 is 45.4. The van der Waals surface area contributed by atoms with Crippen molar-refractivity contribution in [2.45, 2.75) is 23.7 Å². The van der Waals surface area contributed by atoms with Gasteiger partial charge in [-0.1, -0.05) is 12.2 Å². The molecule has 0 bridgehead atoms. The Bertz CT molecular complexity index is 471. The molecule has 0 saturated carbocycles. The SMILES string of the molecule is CS(=O)(=O)C(O)C1CC=CCC1C(O)S(C)(=O)=O. The van der Waals surface area contributed by atoms with Crippen molar-refractivity contribution in [3.63, 3.8) is 0 Å². The summed E-state index contributed by atoms with van der Waals surface area (Å²) in [5.74, 6) is -1.62. The predicted molar refractivity (Wildman–Crippen MR) is 67.1 cm³/mol. The standard InChI is InChI=1S/C10H18O6S2/c1-17(13,14)9(11)7-5-3-4-6-8(7)10(12)18(2,15)16/h3-4,7-12H,5-6H2,1-2H3. The molecular weight excluding hydrogens is 280 g/mol. The number of hydrogen-bond acceptors (Lipinski definition) is 6. The molecule has 0 aromatic rings. The average Bonchev–Trinajstić information content (AvgIpc) is 2.24. The van der Waals surface area contributed by atoms with Crippen LogP contribution in [0.25, 0.3) is 0 Å². The molecule has 0 aliphatic heterocycles. The first-order valence-electron chi connectivity index (χ1n) is 5.44. The lowest BCUT2D eigenvalue weighted by Gasteiger charge is -2.33. The van der Waals surface area contributed by atoms with Crippen LogP contribution in [0.2, 0.25) is 0 Å². The molecule has 0 aromatic heterocycles. The maximum absolute atomic E-state index is 11.3. The summed E-state index contributed by atoms with van der Waals surface area (Å²) in [6, 6.07) is 0. The molecule has 1 aliphatic carbocycles. The van der Waals surface area contributed by atoms with Gasteiger partial charge in [0.25, 0.3) is 0 Å². The Kier molecular flexibility index (Phi) is 4.58. The second kappa shape index (κ2) is 5.28. The molecule has 1 rings (SSSR count). The van der Waals surface area contributed by atoms with E-state index < -0.39 is 42.4 Å². The van der Waals surface area contributed by atoms with Gasteiger partial charge in [0.1, 0.15) is 0 Å². The third kappa shape index (κ3) is 3.53. The second-order valence-corrected chi connectivity index (χ2v) is 8.99. The van der Waals surface area contributed by atoms with Crippen LogP contribution in [0.5, 0.6) is 0 Å². The second-order valence-electron chi connectivity index (χ2n) is 4.71. The molecule has 1 aliphatic rings. The molecule has 0 spiro atoms. The predicted octanol–water partition coefficient (Wildman–Crippen LogP) is -0.705. The van der Waals surface area contributed by atoms with Crippen molar-refractivity contribution in [1.29, 1.82) is 0 Å². The van der Waals surface area contributed by atoms with E-state index in [1.807, 2.05) is 0 Å². The summed E-state index contributed by atoms with van der Waals surface area (Å²) in [6.45, 7) is 0. The van der Waals surface area contributed by atoms with Crippen LogP contribution in [0.1, 0.15) is 12.8 Å². The Morgan fingerprint density at radius 2 is 1.17 bits per heavy atom. The smallest absolute Gasteiger partial charge is 0.174 e. The van der Waals surface area contributed by atoms with Crippen LogP contribution in [0.4, 0.5) is 0 Å². The highest BCUT2D eigenvalue weighted by atomic mass is 32.2. The Labute approximate surface area is 107 Å². The molecule has 0 radical (unpaired) electrons. The summed E-state index contributed by atoms with van der Waals surface area (Å²) in [5.41, 5.74) is -3.33. The van der Waals surface area contributed by atoms with Gasteiger partial charge in [0.05, 0.1) is 0 Å². The summed E-state index contributed by atoms with van der Waals surface area (Å²) in [6.07, 6.45) is 5.60. The first-order valence-corrected chi connectivity index (χ1v) is 9.35. The van der Waals surface area contributed by atoms with Gasteiger partial charge in [0.15, 0.2) is 30.5 Å². The van der Waals surface area contributed by atoms with Gasteiger partial charge in [-0.05, 0) is 12.8 Å². The van der Waals surface area contributed by atoms with Crippen LogP contribution in [0.3, 0.4) is 0 Å². The van der Waals surface area contributed by atoms with Crippen LogP contribution >= 0.6 is 0 Å². The van der Waals surface area contributed by atoms with Crippen molar-refractivity contribution >= 4 is 19.7 Å². The van der Waals surface area contributed by atoms with E-state index in [1.54, 1.807) is 12.2 Å². The van der Waals surface area contributed by atoms with Gasteiger partial charge < -0.3 is 10.2 Å². The third-order valence-electron chi connectivity index (χ3n) is 3.14. The highest BCUT2D eigenvalue weighted by Gasteiger charge is 2.41. The van der Waals surface area contributed by atoms with E-state index in [0.717, 1.165) is 12.5 Å². The first kappa shape index (κ1) is 15.6. The molecule has 18 heavy (non-hydrogen) atoms. The van der Waals surface area contributed by atoms with Crippen molar-refractivity contribution < 1.29 is 27.0 Å². The number of sulfone groups is 2. The van der Waals surface area contributed by atoms with Gasteiger partial charge in [-0.3, -0.25) is 0 Å². The normalized spacial score (nSPS) is 28.9. The number of rotatable bonds is 4. The van der Waals surface area contributed by atoms with E-state index in [1.165, 1.54) is 0 Å². The summed E-state index contributed by atoms with van der Waals surface area (Å²) >= 11 is 0. The van der Waals surface area contributed by atoms with E-state index in [9.17, 15) is 27.0 Å². The van der Waals surface area contributed by atoms with Crippen LogP contribution in [-0.2, 0) is 19.7 Å². The fraction of sp³-hybridized carbons (Fsp3) is 0.800. The van der Waals surface area contributed by atoms with E-state index in [0.29, 0.717) is 0 Å². The largest absolute Gasteiger partial charge is 0.377 e. The Morgan fingerprint density at radius 1 is 0.889 bits per heavy atom. The Balaban J connectivity index is 3.06. The fourth-order valence-corrected chi connectivity index (χ4v) is 4.04. The van der Waals surface area contributed by atoms with Gasteiger partial charge in [0, 0.05) is 24.3 Å². The number of allylic oxidation sites excluding steroid dienone is 2. The molecule has 6 nitrogen and oxygen atoms in total. The quantitative estimate of drug-likeness (QED) is 0.664. The highest BCUT2D eigenvalue weighted by Crippen LogP contribution is 2.34. The molecule has 106 valence electrons. The van der Waals surface area contributed by atoms with E-state index >= 15 is 0 Å². The average molecular weight is 298 g/mol. The zero-order valence-electron chi connectivity index (χ0n) is 10.2. The summed E-state index contributed by atoms with van der Waals surface area (Å²) in [4.78, 5) is 0. The van der Waals surface area contributed by atoms with Crippen molar-refractivity contribution in [2.24, 2.45) is 11.8 Å². The number of hydrogen-bond donors (Lipinski definition) is 2. The minimum atomic E-state index is -3.70. The van der Waals surface area contributed by atoms with E-state index in [-0.39, 0.29) is 12.8 Å². The molecule has 0 saturated heterocycles. The molecule has 4 atom stereocenters. The third-order valence-corrected chi connectivity index (χ3v) is 5.60. The van der Waals surface area contributed by atoms with Crippen LogP contribution in [0.15, 0.2) is 12.2 Å². The van der Waals surface area contributed by atoms with Crippen LogP contribution < -0.4 is 0 Å².